The van der Waals surface area contributed by atoms with Crippen molar-refractivity contribution < 1.29 is 18.1 Å². The Morgan fingerprint density at radius 3 is 2.52 bits per heavy atom. The maximum atomic E-state index is 13.5. The molecule has 0 bridgehead atoms. The highest BCUT2D eigenvalue weighted by Crippen LogP contribution is 2.26. The molecule has 0 unspecified atom stereocenters. The van der Waals surface area contributed by atoms with Gasteiger partial charge >= 0.3 is 0 Å². The molecular formula is C22H23ClN4O5S. The molecule has 0 N–H and O–H groups in total. The number of para-hydroxylation sites is 1. The Morgan fingerprint density at radius 2 is 1.82 bits per heavy atom. The van der Waals surface area contributed by atoms with Gasteiger partial charge in [0.05, 0.1) is 28.5 Å². The summed E-state index contributed by atoms with van der Waals surface area (Å²) in [4.78, 5) is 16.9. The summed E-state index contributed by atoms with van der Waals surface area (Å²) in [6, 6.07) is 14.2. The van der Waals surface area contributed by atoms with Crippen LogP contribution >= 0.6 is 11.6 Å². The van der Waals surface area contributed by atoms with Crippen molar-refractivity contribution >= 4 is 38.2 Å². The van der Waals surface area contributed by atoms with E-state index < -0.39 is 14.9 Å². The fraction of sp³-hybridized carbons (Fsp3) is 0.318. The van der Waals surface area contributed by atoms with Crippen molar-refractivity contribution in [1.82, 2.24) is 14.2 Å². The van der Waals surface area contributed by atoms with Crippen molar-refractivity contribution in [1.29, 1.82) is 0 Å². The zero-order chi connectivity index (χ0) is 23.4. The Kier molecular flexibility index (Phi) is 7.20. The number of nitrogens with zero attached hydrogens (tertiary/aromatic N) is 4. The average molecular weight is 491 g/mol. The maximum Gasteiger partial charge on any atom is 0.269 e. The zero-order valence-electron chi connectivity index (χ0n) is 17.8. The number of pyridine rings is 1. The number of nitro groups is 1. The van der Waals surface area contributed by atoms with Gasteiger partial charge in [0.2, 0.25) is 10.0 Å². The number of hydrogen-bond acceptors (Lipinski definition) is 7. The minimum Gasteiger partial charge on any atom is -0.379 e. The quantitative estimate of drug-likeness (QED) is 0.271. The van der Waals surface area contributed by atoms with Crippen LogP contribution in [-0.4, -0.2) is 66.9 Å². The number of halogens is 1. The van der Waals surface area contributed by atoms with E-state index in [4.69, 9.17) is 16.3 Å². The Hall–Kier alpha value is -2.63. The predicted molar refractivity (Wildman–Crippen MR) is 125 cm³/mol. The Bertz CT molecular complexity index is 1250. The second-order valence-electron chi connectivity index (χ2n) is 7.67. The molecule has 4 rings (SSSR count). The third-order valence-corrected chi connectivity index (χ3v) is 7.74. The fourth-order valence-electron chi connectivity index (χ4n) is 3.69. The van der Waals surface area contributed by atoms with Crippen LogP contribution in [0.15, 0.2) is 59.5 Å². The van der Waals surface area contributed by atoms with Crippen LogP contribution in [0.1, 0.15) is 5.56 Å². The van der Waals surface area contributed by atoms with Crippen molar-refractivity contribution in [3.05, 3.63) is 75.4 Å². The summed E-state index contributed by atoms with van der Waals surface area (Å²) in [5, 5.41) is 12.1. The zero-order valence-corrected chi connectivity index (χ0v) is 19.3. The Morgan fingerprint density at radius 1 is 1.12 bits per heavy atom. The highest BCUT2D eigenvalue weighted by Gasteiger charge is 2.27. The van der Waals surface area contributed by atoms with Crippen LogP contribution in [0.25, 0.3) is 10.9 Å². The van der Waals surface area contributed by atoms with Gasteiger partial charge in [-0.25, -0.2) is 13.4 Å². The Balaban J connectivity index is 1.65. The van der Waals surface area contributed by atoms with Gasteiger partial charge < -0.3 is 4.74 Å². The lowest BCUT2D eigenvalue weighted by Crippen LogP contribution is -2.42. The summed E-state index contributed by atoms with van der Waals surface area (Å²) >= 11 is 6.41. The van der Waals surface area contributed by atoms with Crippen molar-refractivity contribution in [2.75, 3.05) is 39.4 Å². The minimum absolute atomic E-state index is 0.0139. The smallest absolute Gasteiger partial charge is 0.269 e. The third-order valence-electron chi connectivity index (χ3n) is 5.55. The SMILES string of the molecule is O=[N+]([O-])c1ccc(S(=O)(=O)N(CCN2CCOCC2)Cc2cc3ccccc3nc2Cl)cc1. The number of fused-ring (bicyclic) bond motifs is 1. The van der Waals surface area contributed by atoms with Gasteiger partial charge in [0.15, 0.2) is 0 Å². The van der Waals surface area contributed by atoms with Crippen LogP contribution in [0.4, 0.5) is 5.69 Å². The number of ether oxygens (including phenoxy) is 1. The summed E-state index contributed by atoms with van der Waals surface area (Å²) in [7, 11) is -3.95. The molecule has 0 amide bonds. The van der Waals surface area contributed by atoms with Crippen LogP contribution < -0.4 is 0 Å². The molecule has 2 aromatic carbocycles. The number of non-ortho nitro benzene ring substituents is 1. The van der Waals surface area contributed by atoms with E-state index in [1.54, 1.807) is 0 Å². The normalized spacial score (nSPS) is 15.2. The molecule has 1 fully saturated rings. The summed E-state index contributed by atoms with van der Waals surface area (Å²) < 4.78 is 33.7. The van der Waals surface area contributed by atoms with Gasteiger partial charge in [0.1, 0.15) is 5.15 Å². The minimum atomic E-state index is -3.95. The standard InChI is InChI=1S/C22H23ClN4O5S/c23-22-18(15-17-3-1-2-4-21(17)24-22)16-26(10-9-25-11-13-32-14-12-25)33(30,31)20-7-5-19(6-8-20)27(28)29/h1-8,15H,9-14,16H2. The molecule has 0 spiro atoms. The van der Waals surface area contributed by atoms with Gasteiger partial charge in [0.25, 0.3) is 5.69 Å². The van der Waals surface area contributed by atoms with Crippen LogP contribution in [0.3, 0.4) is 0 Å². The molecule has 0 radical (unpaired) electrons. The van der Waals surface area contributed by atoms with E-state index in [2.05, 4.69) is 9.88 Å². The number of sulfonamides is 1. The lowest BCUT2D eigenvalue weighted by atomic mass is 10.1. The first kappa shape index (κ1) is 23.5. The van der Waals surface area contributed by atoms with E-state index in [0.717, 1.165) is 24.0 Å². The molecule has 11 heteroatoms. The van der Waals surface area contributed by atoms with Crippen molar-refractivity contribution in [3.8, 4) is 0 Å². The van der Waals surface area contributed by atoms with E-state index >= 15 is 0 Å². The molecular weight excluding hydrogens is 468 g/mol. The monoisotopic (exact) mass is 490 g/mol. The second-order valence-corrected chi connectivity index (χ2v) is 9.97. The largest absolute Gasteiger partial charge is 0.379 e. The van der Waals surface area contributed by atoms with Crippen molar-refractivity contribution in [2.24, 2.45) is 0 Å². The molecule has 2 heterocycles. The highest BCUT2D eigenvalue weighted by molar-refractivity contribution is 7.89. The van der Waals surface area contributed by atoms with Crippen LogP contribution in [-0.2, 0) is 21.3 Å². The molecule has 1 aliphatic heterocycles. The fourth-order valence-corrected chi connectivity index (χ4v) is 5.30. The first-order chi connectivity index (χ1) is 15.8. The van der Waals surface area contributed by atoms with Crippen LogP contribution in [0.2, 0.25) is 5.15 Å². The lowest BCUT2D eigenvalue weighted by Gasteiger charge is -2.30. The molecule has 174 valence electrons. The molecule has 3 aromatic rings. The molecule has 0 saturated carbocycles. The maximum absolute atomic E-state index is 13.5. The van der Waals surface area contributed by atoms with Crippen molar-refractivity contribution in [2.45, 2.75) is 11.4 Å². The topological polar surface area (TPSA) is 106 Å². The van der Waals surface area contributed by atoms with E-state index in [1.165, 1.54) is 28.6 Å². The summed E-state index contributed by atoms with van der Waals surface area (Å²) in [6.45, 7) is 3.44. The van der Waals surface area contributed by atoms with Gasteiger partial charge in [-0.05, 0) is 24.3 Å². The van der Waals surface area contributed by atoms with Gasteiger partial charge in [-0.1, -0.05) is 29.8 Å². The first-order valence-electron chi connectivity index (χ1n) is 10.4. The van der Waals surface area contributed by atoms with Gasteiger partial charge in [-0.15, -0.1) is 0 Å². The number of rotatable bonds is 8. The van der Waals surface area contributed by atoms with E-state index in [0.29, 0.717) is 25.3 Å². The van der Waals surface area contributed by atoms with Gasteiger partial charge in [0, 0.05) is 55.8 Å². The van der Waals surface area contributed by atoms with Gasteiger partial charge in [-0.2, -0.15) is 4.31 Å². The van der Waals surface area contributed by atoms with Crippen LogP contribution in [0, 0.1) is 10.1 Å². The third kappa shape index (κ3) is 5.48. The van der Waals surface area contributed by atoms with E-state index in [-0.39, 0.29) is 28.8 Å². The summed E-state index contributed by atoms with van der Waals surface area (Å²) in [5.74, 6) is 0. The second kappa shape index (κ2) is 10.1. The highest BCUT2D eigenvalue weighted by atomic mass is 35.5. The average Bonchev–Trinajstić information content (AvgIpc) is 2.82. The molecule has 9 nitrogen and oxygen atoms in total. The van der Waals surface area contributed by atoms with Crippen molar-refractivity contribution in [3.63, 3.8) is 0 Å². The first-order valence-corrected chi connectivity index (χ1v) is 12.3. The van der Waals surface area contributed by atoms with Crippen LogP contribution in [0.5, 0.6) is 0 Å². The summed E-state index contributed by atoms with van der Waals surface area (Å²) in [6.07, 6.45) is 0. The number of hydrogen-bond donors (Lipinski definition) is 0. The van der Waals surface area contributed by atoms with Gasteiger partial charge in [-0.3, -0.25) is 15.0 Å². The Labute approximate surface area is 196 Å². The number of morpholine rings is 1. The van der Waals surface area contributed by atoms with E-state index in [9.17, 15) is 18.5 Å². The molecule has 33 heavy (non-hydrogen) atoms. The molecule has 1 aliphatic rings. The number of aromatic nitrogens is 1. The molecule has 0 atom stereocenters. The van der Waals surface area contributed by atoms with E-state index in [1.807, 2.05) is 30.3 Å². The number of nitro benzene ring substituents is 1. The predicted octanol–water partition coefficient (Wildman–Crippen LogP) is 3.32. The lowest BCUT2D eigenvalue weighted by molar-refractivity contribution is -0.384. The summed E-state index contributed by atoms with van der Waals surface area (Å²) in [5.41, 5.74) is 1.14. The molecule has 0 aliphatic carbocycles. The molecule has 1 aromatic heterocycles. The number of benzene rings is 2. The molecule has 1 saturated heterocycles.